The van der Waals surface area contributed by atoms with Gasteiger partial charge in [0, 0.05) is 29.7 Å². The van der Waals surface area contributed by atoms with Gasteiger partial charge in [-0.1, -0.05) is 0 Å². The summed E-state index contributed by atoms with van der Waals surface area (Å²) < 4.78 is 38.7. The number of benzene rings is 1. The van der Waals surface area contributed by atoms with Crippen LogP contribution in [0.1, 0.15) is 18.4 Å². The average molecular weight is 403 g/mol. The van der Waals surface area contributed by atoms with E-state index in [0.717, 1.165) is 32.0 Å². The van der Waals surface area contributed by atoms with Crippen molar-refractivity contribution in [1.82, 2.24) is 20.1 Å². The van der Waals surface area contributed by atoms with Crippen molar-refractivity contribution in [2.24, 2.45) is 0 Å². The maximum Gasteiger partial charge on any atom is 0.416 e. The lowest BCUT2D eigenvalue weighted by Gasteiger charge is -2.30. The Labute approximate surface area is 165 Å². The molecule has 3 heterocycles. The fraction of sp³-hybridized carbons (Fsp3) is 0.350. The normalized spacial score (nSPS) is 18.1. The van der Waals surface area contributed by atoms with Gasteiger partial charge in [-0.3, -0.25) is 4.98 Å². The summed E-state index contributed by atoms with van der Waals surface area (Å²) in [6, 6.07) is 6.51. The molecule has 4 rings (SSSR count). The van der Waals surface area contributed by atoms with Crippen LogP contribution in [-0.2, 0) is 6.18 Å². The summed E-state index contributed by atoms with van der Waals surface area (Å²) in [5, 5.41) is 22.7. The molecule has 1 fully saturated rings. The number of anilines is 1. The molecule has 0 aliphatic carbocycles. The van der Waals surface area contributed by atoms with Crippen LogP contribution in [0.4, 0.5) is 19.0 Å². The van der Waals surface area contributed by atoms with E-state index in [9.17, 15) is 18.3 Å². The lowest BCUT2D eigenvalue weighted by Crippen LogP contribution is -2.40. The fourth-order valence-corrected chi connectivity index (χ4v) is 3.67. The molecule has 0 bridgehead atoms. The summed E-state index contributed by atoms with van der Waals surface area (Å²) in [6.45, 7) is 1.92. The van der Waals surface area contributed by atoms with E-state index in [1.807, 2.05) is 0 Å². The molecule has 1 aliphatic heterocycles. The van der Waals surface area contributed by atoms with Crippen molar-refractivity contribution in [1.29, 1.82) is 0 Å². The Morgan fingerprint density at radius 1 is 1.21 bits per heavy atom. The lowest BCUT2D eigenvalue weighted by atomic mass is 10.0. The topological polar surface area (TPSA) is 74.2 Å². The van der Waals surface area contributed by atoms with Crippen molar-refractivity contribution in [2.45, 2.75) is 25.1 Å². The van der Waals surface area contributed by atoms with E-state index in [2.05, 4.69) is 32.4 Å². The first-order valence-electron chi connectivity index (χ1n) is 9.30. The molecule has 0 spiro atoms. The summed E-state index contributed by atoms with van der Waals surface area (Å²) in [7, 11) is 2.06. The molecule has 2 N–H and O–H groups in total. The number of aromatic hydroxyl groups is 1. The second kappa shape index (κ2) is 7.47. The van der Waals surface area contributed by atoms with Crippen molar-refractivity contribution < 1.29 is 18.3 Å². The number of hydrogen-bond acceptors (Lipinski definition) is 6. The number of nitrogens with one attached hydrogen (secondary N) is 1. The minimum Gasteiger partial charge on any atom is -0.507 e. The van der Waals surface area contributed by atoms with E-state index in [0.29, 0.717) is 22.8 Å². The van der Waals surface area contributed by atoms with Gasteiger partial charge >= 0.3 is 6.18 Å². The summed E-state index contributed by atoms with van der Waals surface area (Å²) in [5.41, 5.74) is 0.0944. The Kier molecular flexibility index (Phi) is 4.99. The van der Waals surface area contributed by atoms with Crippen molar-refractivity contribution in [3.63, 3.8) is 0 Å². The van der Waals surface area contributed by atoms with E-state index in [1.165, 1.54) is 6.07 Å². The van der Waals surface area contributed by atoms with Crippen LogP contribution in [0.2, 0.25) is 0 Å². The number of phenols is 1. The fourth-order valence-electron chi connectivity index (χ4n) is 3.67. The van der Waals surface area contributed by atoms with Gasteiger partial charge in [0.2, 0.25) is 0 Å². The number of likely N-dealkylation sites (N-methyl/N-ethyl adjacent to an activating group) is 1. The zero-order valence-corrected chi connectivity index (χ0v) is 15.7. The number of aromatic nitrogens is 3. The smallest absolute Gasteiger partial charge is 0.416 e. The van der Waals surface area contributed by atoms with E-state index < -0.39 is 17.5 Å². The molecule has 2 aromatic heterocycles. The highest BCUT2D eigenvalue weighted by Crippen LogP contribution is 2.38. The van der Waals surface area contributed by atoms with Crippen LogP contribution in [0.25, 0.3) is 22.2 Å². The van der Waals surface area contributed by atoms with E-state index >= 15 is 0 Å². The molecular formula is C20H20F3N5O. The van der Waals surface area contributed by atoms with Gasteiger partial charge in [-0.2, -0.15) is 13.2 Å². The van der Waals surface area contributed by atoms with Gasteiger partial charge in [-0.25, -0.2) is 0 Å². The minimum absolute atomic E-state index is 0.174. The first-order chi connectivity index (χ1) is 13.8. The van der Waals surface area contributed by atoms with Crippen LogP contribution in [0.15, 0.2) is 36.5 Å². The Morgan fingerprint density at radius 2 is 2.03 bits per heavy atom. The van der Waals surface area contributed by atoms with Crippen LogP contribution in [0.5, 0.6) is 5.75 Å². The number of piperidine rings is 1. The number of fused-ring (bicyclic) bond motifs is 1. The maximum absolute atomic E-state index is 12.9. The summed E-state index contributed by atoms with van der Waals surface area (Å²) >= 11 is 0. The predicted molar refractivity (Wildman–Crippen MR) is 104 cm³/mol. The van der Waals surface area contributed by atoms with Gasteiger partial charge < -0.3 is 15.3 Å². The van der Waals surface area contributed by atoms with Crippen LogP contribution >= 0.6 is 0 Å². The van der Waals surface area contributed by atoms with Crippen molar-refractivity contribution in [2.75, 3.05) is 25.5 Å². The molecule has 0 radical (unpaired) electrons. The first-order valence-corrected chi connectivity index (χ1v) is 9.30. The number of nitrogens with zero attached hydrogens (tertiary/aromatic N) is 4. The van der Waals surface area contributed by atoms with E-state index in [1.54, 1.807) is 18.3 Å². The first kappa shape index (κ1) is 19.4. The third kappa shape index (κ3) is 3.95. The molecular weight excluding hydrogens is 383 g/mol. The number of pyridine rings is 1. The number of likely N-dealkylation sites (tertiary alicyclic amines) is 1. The van der Waals surface area contributed by atoms with Gasteiger partial charge in [0.15, 0.2) is 5.82 Å². The third-order valence-electron chi connectivity index (χ3n) is 5.08. The molecule has 9 heteroatoms. The number of hydrogen-bond donors (Lipinski definition) is 2. The Morgan fingerprint density at radius 3 is 2.76 bits per heavy atom. The van der Waals surface area contributed by atoms with Crippen LogP contribution < -0.4 is 5.32 Å². The van der Waals surface area contributed by atoms with Crippen LogP contribution in [0.3, 0.4) is 0 Å². The van der Waals surface area contributed by atoms with Gasteiger partial charge in [0.1, 0.15) is 17.0 Å². The average Bonchev–Trinajstić information content (AvgIpc) is 2.68. The number of phenolic OH excluding ortho intramolecular Hbond substituents is 1. The van der Waals surface area contributed by atoms with Gasteiger partial charge in [0.05, 0.1) is 5.56 Å². The molecule has 3 aromatic rings. The number of rotatable bonds is 3. The summed E-state index contributed by atoms with van der Waals surface area (Å²) in [6.07, 6.45) is -0.836. The largest absolute Gasteiger partial charge is 0.507 e. The molecule has 0 amide bonds. The van der Waals surface area contributed by atoms with Crippen LogP contribution in [0, 0.1) is 0 Å². The zero-order chi connectivity index (χ0) is 20.6. The lowest BCUT2D eigenvalue weighted by molar-refractivity contribution is -0.137. The molecule has 0 unspecified atom stereocenters. The summed E-state index contributed by atoms with van der Waals surface area (Å²) in [5.74, 6) is 0.0185. The van der Waals surface area contributed by atoms with Crippen molar-refractivity contribution in [3.05, 3.63) is 42.1 Å². The molecule has 1 aliphatic rings. The number of halogens is 3. The van der Waals surface area contributed by atoms with Crippen molar-refractivity contribution >= 4 is 16.7 Å². The van der Waals surface area contributed by atoms with E-state index in [-0.39, 0.29) is 17.3 Å². The molecule has 1 saturated heterocycles. The third-order valence-corrected chi connectivity index (χ3v) is 5.08. The van der Waals surface area contributed by atoms with Gasteiger partial charge in [-0.15, -0.1) is 10.2 Å². The summed E-state index contributed by atoms with van der Waals surface area (Å²) in [4.78, 5) is 6.63. The second-order valence-corrected chi connectivity index (χ2v) is 7.27. The van der Waals surface area contributed by atoms with Crippen LogP contribution in [-0.4, -0.2) is 51.4 Å². The monoisotopic (exact) mass is 403 g/mol. The van der Waals surface area contributed by atoms with E-state index in [4.69, 9.17) is 0 Å². The minimum atomic E-state index is -4.54. The standard InChI is InChI=1S/C20H20F3N5O/c1-28-9-3-4-13(11-28)25-19-18-15(5-2-8-24-18)17(26-27-19)14-7-6-12(10-16(14)29)20(21,22)23/h2,5-8,10,13,29H,3-4,9,11H2,1H3,(H,25,27)/t13-/m1/s1. The quantitative estimate of drug-likeness (QED) is 0.691. The molecule has 1 aromatic carbocycles. The maximum atomic E-state index is 12.9. The Hall–Kier alpha value is -2.94. The highest BCUT2D eigenvalue weighted by atomic mass is 19.4. The Balaban J connectivity index is 1.74. The van der Waals surface area contributed by atoms with Gasteiger partial charge in [-0.05, 0) is 56.8 Å². The van der Waals surface area contributed by atoms with Gasteiger partial charge in [0.25, 0.3) is 0 Å². The molecule has 1 atom stereocenters. The molecule has 152 valence electrons. The Bertz CT molecular complexity index is 1040. The predicted octanol–water partition coefficient (Wildman–Crippen LogP) is 3.92. The SMILES string of the molecule is CN1CCC[C@@H](Nc2nnc(-c3ccc(C(F)(F)F)cc3O)c3cccnc23)C1. The highest BCUT2D eigenvalue weighted by Gasteiger charge is 2.31. The zero-order valence-electron chi connectivity index (χ0n) is 15.7. The molecule has 6 nitrogen and oxygen atoms in total. The molecule has 0 saturated carbocycles. The molecule has 29 heavy (non-hydrogen) atoms. The number of alkyl halides is 3. The van der Waals surface area contributed by atoms with Crippen molar-refractivity contribution in [3.8, 4) is 17.0 Å². The second-order valence-electron chi connectivity index (χ2n) is 7.27. The highest BCUT2D eigenvalue weighted by molar-refractivity contribution is 5.98.